The normalized spacial score (nSPS) is 15.2. The monoisotopic (exact) mass is 477 g/mol. The van der Waals surface area contributed by atoms with Crippen molar-refractivity contribution in [1.82, 2.24) is 34.9 Å². The zero-order valence-electron chi connectivity index (χ0n) is 21.0. The van der Waals surface area contributed by atoms with Crippen LogP contribution < -0.4 is 5.32 Å². The molecule has 7 heteroatoms. The molecule has 1 atom stereocenters. The van der Waals surface area contributed by atoms with Gasteiger partial charge in [0.1, 0.15) is 12.2 Å². The molecule has 5 aromatic rings. The number of hydrogen-bond acceptors (Lipinski definition) is 5. The first kappa shape index (κ1) is 22.6. The Hall–Kier alpha value is -3.84. The Morgan fingerprint density at radius 2 is 2.00 bits per heavy atom. The van der Waals surface area contributed by atoms with Crippen molar-refractivity contribution in [2.75, 3.05) is 0 Å². The number of aromatic nitrogens is 6. The molecule has 4 aromatic heterocycles. The fourth-order valence-corrected chi connectivity index (χ4v) is 5.24. The van der Waals surface area contributed by atoms with Crippen LogP contribution in [0.4, 0.5) is 0 Å². The second-order valence-electron chi connectivity index (χ2n) is 10.00. The first-order valence-corrected chi connectivity index (χ1v) is 12.7. The van der Waals surface area contributed by atoms with Crippen LogP contribution in [0.5, 0.6) is 0 Å². The maximum absolute atomic E-state index is 5.04. The molecule has 182 valence electrons. The zero-order valence-corrected chi connectivity index (χ0v) is 21.0. The van der Waals surface area contributed by atoms with Gasteiger partial charge in [-0.15, -0.1) is 0 Å². The Balaban J connectivity index is 1.29. The number of H-pyrrole nitrogens is 1. The van der Waals surface area contributed by atoms with Crippen LogP contribution in [0, 0.1) is 6.92 Å². The minimum Gasteiger partial charge on any atom is -0.340 e. The molecule has 0 saturated carbocycles. The highest BCUT2D eigenvalue weighted by atomic mass is 15.3. The molecule has 0 spiro atoms. The second kappa shape index (κ2) is 9.32. The van der Waals surface area contributed by atoms with E-state index < -0.39 is 0 Å². The highest BCUT2D eigenvalue weighted by Gasteiger charge is 2.23. The van der Waals surface area contributed by atoms with Crippen LogP contribution in [0.3, 0.4) is 0 Å². The fraction of sp³-hybridized carbons (Fsp3) is 0.310. The lowest BCUT2D eigenvalue weighted by atomic mass is 10.0. The zero-order chi connectivity index (χ0) is 24.6. The number of rotatable bonds is 7. The predicted molar refractivity (Wildman–Crippen MR) is 142 cm³/mol. The topological polar surface area (TPSA) is 83.8 Å². The molecule has 0 amide bonds. The summed E-state index contributed by atoms with van der Waals surface area (Å²) >= 11 is 0. The molecule has 36 heavy (non-hydrogen) atoms. The van der Waals surface area contributed by atoms with E-state index >= 15 is 0 Å². The first-order chi connectivity index (χ1) is 17.5. The minimum atomic E-state index is 0.480. The second-order valence-corrected chi connectivity index (χ2v) is 10.00. The fourth-order valence-electron chi connectivity index (χ4n) is 5.24. The summed E-state index contributed by atoms with van der Waals surface area (Å²) in [5.41, 5.74) is 9.79. The molecule has 1 aromatic carbocycles. The van der Waals surface area contributed by atoms with Gasteiger partial charge in [-0.1, -0.05) is 38.1 Å². The van der Waals surface area contributed by atoms with E-state index in [-0.39, 0.29) is 0 Å². The molecule has 7 nitrogen and oxygen atoms in total. The Kier molecular flexibility index (Phi) is 5.85. The Labute approximate surface area is 211 Å². The lowest BCUT2D eigenvalue weighted by molar-refractivity contribution is 0.475. The van der Waals surface area contributed by atoms with Crippen LogP contribution in [0.15, 0.2) is 61.1 Å². The Bertz CT molecular complexity index is 1530. The van der Waals surface area contributed by atoms with Crippen molar-refractivity contribution in [1.29, 1.82) is 0 Å². The molecule has 4 heterocycles. The number of aromatic amines is 1. The van der Waals surface area contributed by atoms with Crippen LogP contribution in [-0.2, 0) is 19.3 Å². The van der Waals surface area contributed by atoms with Crippen LogP contribution >= 0.6 is 0 Å². The van der Waals surface area contributed by atoms with Crippen molar-refractivity contribution in [3.8, 4) is 22.6 Å². The van der Waals surface area contributed by atoms with Gasteiger partial charge in [-0.25, -0.2) is 14.5 Å². The molecule has 1 aliphatic carbocycles. The maximum Gasteiger partial charge on any atom is 0.155 e. The van der Waals surface area contributed by atoms with Gasteiger partial charge in [0.15, 0.2) is 5.65 Å². The van der Waals surface area contributed by atoms with Crippen molar-refractivity contribution >= 4 is 5.65 Å². The molecule has 0 saturated heterocycles. The van der Waals surface area contributed by atoms with E-state index in [2.05, 4.69) is 52.4 Å². The number of nitrogens with zero attached hydrogens (tertiary/aromatic N) is 5. The number of nitrogens with one attached hydrogen (secondary N) is 2. The van der Waals surface area contributed by atoms with Crippen molar-refractivity contribution in [2.24, 2.45) is 0 Å². The molecular weight excluding hydrogens is 446 g/mol. The smallest absolute Gasteiger partial charge is 0.155 e. The van der Waals surface area contributed by atoms with Gasteiger partial charge in [0.05, 0.1) is 17.1 Å². The number of benzene rings is 1. The number of fused-ring (bicyclic) bond motifs is 2. The highest BCUT2D eigenvalue weighted by molar-refractivity contribution is 5.77. The quantitative estimate of drug-likeness (QED) is 0.334. The Morgan fingerprint density at radius 1 is 1.08 bits per heavy atom. The molecule has 1 aliphatic rings. The van der Waals surface area contributed by atoms with Gasteiger partial charge in [0.2, 0.25) is 0 Å². The van der Waals surface area contributed by atoms with E-state index in [1.54, 1.807) is 10.8 Å². The van der Waals surface area contributed by atoms with Crippen LogP contribution in [0.2, 0.25) is 0 Å². The standard InChI is InChI=1S/C29H31N7/c1-18(2)32-24-12-9-21-15-20(7-11-23(21)24)8-13-26-34-28(22-10-14-27-30-17-31-36(27)16-22)29(35-26)25-6-4-5-19(3)33-25/h4-7,10-11,14-18,24,32H,8-9,12-13H2,1-3H3,(H,34,35). The molecule has 2 N–H and O–H groups in total. The molecule has 0 fully saturated rings. The van der Waals surface area contributed by atoms with Gasteiger partial charge in [-0.2, -0.15) is 5.10 Å². The number of hydrogen-bond donors (Lipinski definition) is 2. The number of imidazole rings is 1. The van der Waals surface area contributed by atoms with Crippen molar-refractivity contribution in [3.05, 3.63) is 89.3 Å². The lowest BCUT2D eigenvalue weighted by Gasteiger charge is -2.17. The summed E-state index contributed by atoms with van der Waals surface area (Å²) in [6.45, 7) is 6.44. The van der Waals surface area contributed by atoms with E-state index in [0.717, 1.165) is 59.1 Å². The molecule has 1 unspecified atom stereocenters. The van der Waals surface area contributed by atoms with Crippen molar-refractivity contribution in [3.63, 3.8) is 0 Å². The summed E-state index contributed by atoms with van der Waals surface area (Å²) in [6, 6.07) is 18.1. The highest BCUT2D eigenvalue weighted by Crippen LogP contribution is 2.33. The largest absolute Gasteiger partial charge is 0.340 e. The average Bonchev–Trinajstić information content (AvgIpc) is 3.60. The summed E-state index contributed by atoms with van der Waals surface area (Å²) in [5, 5.41) is 8.00. The number of aryl methyl sites for hydroxylation is 4. The van der Waals surface area contributed by atoms with Gasteiger partial charge in [-0.05, 0) is 67.1 Å². The van der Waals surface area contributed by atoms with E-state index in [9.17, 15) is 0 Å². The van der Waals surface area contributed by atoms with E-state index in [1.807, 2.05) is 43.5 Å². The van der Waals surface area contributed by atoms with Crippen molar-refractivity contribution < 1.29 is 0 Å². The van der Waals surface area contributed by atoms with Gasteiger partial charge < -0.3 is 10.3 Å². The SMILES string of the molecule is Cc1cccc(-c2[nH]c(CCc3ccc4c(c3)CCC4NC(C)C)nc2-c2ccc3ncnn3c2)n1. The summed E-state index contributed by atoms with van der Waals surface area (Å²) in [5.74, 6) is 0.960. The van der Waals surface area contributed by atoms with Gasteiger partial charge in [-0.3, -0.25) is 4.98 Å². The summed E-state index contributed by atoms with van der Waals surface area (Å²) in [4.78, 5) is 17.7. The van der Waals surface area contributed by atoms with Gasteiger partial charge >= 0.3 is 0 Å². The third-order valence-corrected chi connectivity index (χ3v) is 6.92. The predicted octanol–water partition coefficient (Wildman–Crippen LogP) is 5.26. The average molecular weight is 478 g/mol. The molecule has 0 bridgehead atoms. The first-order valence-electron chi connectivity index (χ1n) is 12.7. The third kappa shape index (κ3) is 4.42. The molecule has 0 radical (unpaired) electrons. The lowest BCUT2D eigenvalue weighted by Crippen LogP contribution is -2.26. The molecular formula is C29H31N7. The Morgan fingerprint density at radius 3 is 2.86 bits per heavy atom. The molecule has 6 rings (SSSR count). The van der Waals surface area contributed by atoms with E-state index in [1.165, 1.54) is 23.1 Å². The van der Waals surface area contributed by atoms with Crippen LogP contribution in [0.25, 0.3) is 28.3 Å². The third-order valence-electron chi connectivity index (χ3n) is 6.92. The van der Waals surface area contributed by atoms with E-state index in [4.69, 9.17) is 9.97 Å². The van der Waals surface area contributed by atoms with Crippen molar-refractivity contribution in [2.45, 2.75) is 58.5 Å². The molecule has 0 aliphatic heterocycles. The summed E-state index contributed by atoms with van der Waals surface area (Å²) in [7, 11) is 0. The van der Waals surface area contributed by atoms with Gasteiger partial charge in [0.25, 0.3) is 0 Å². The van der Waals surface area contributed by atoms with Crippen LogP contribution in [0.1, 0.15) is 54.5 Å². The summed E-state index contributed by atoms with van der Waals surface area (Å²) < 4.78 is 1.78. The van der Waals surface area contributed by atoms with Gasteiger partial charge in [0, 0.05) is 36.0 Å². The minimum absolute atomic E-state index is 0.480. The van der Waals surface area contributed by atoms with Crippen LogP contribution in [-0.4, -0.2) is 35.6 Å². The maximum atomic E-state index is 5.04. The van der Waals surface area contributed by atoms with E-state index in [0.29, 0.717) is 12.1 Å². The number of pyridine rings is 2. The summed E-state index contributed by atoms with van der Waals surface area (Å²) in [6.07, 6.45) is 7.63.